The Kier molecular flexibility index (Phi) is 7.27. The number of fused-ring (bicyclic) bond motifs is 1. The van der Waals surface area contributed by atoms with Crippen LogP contribution in [0, 0.1) is 0 Å². The number of thioether (sulfide) groups is 1. The van der Waals surface area contributed by atoms with E-state index < -0.39 is 31.1 Å². The lowest BCUT2D eigenvalue weighted by Crippen LogP contribution is -2.33. The summed E-state index contributed by atoms with van der Waals surface area (Å²) < 4.78 is 7.54. The molecule has 32 heavy (non-hydrogen) atoms. The molecule has 3 N–H and O–H groups in total. The number of anilines is 1. The third-order valence-corrected chi connectivity index (χ3v) is 6.64. The quantitative estimate of drug-likeness (QED) is 0.413. The van der Waals surface area contributed by atoms with Crippen molar-refractivity contribution in [3.05, 3.63) is 42.2 Å². The number of ether oxygens (including phenoxy) is 1. The minimum Gasteiger partial charge on any atom is -0.394 e. The van der Waals surface area contributed by atoms with E-state index in [4.69, 9.17) is 9.72 Å². The van der Waals surface area contributed by atoms with Gasteiger partial charge in [0.2, 0.25) is 0 Å². The molecule has 4 atom stereocenters. The van der Waals surface area contributed by atoms with Crippen molar-refractivity contribution in [1.82, 2.24) is 19.5 Å². The molecule has 10 heteroatoms. The molecular formula is C22H29N5O4S. The first-order valence-corrected chi connectivity index (χ1v) is 11.8. The van der Waals surface area contributed by atoms with Crippen LogP contribution in [0.4, 0.5) is 5.82 Å². The number of rotatable bonds is 9. The van der Waals surface area contributed by atoms with Crippen molar-refractivity contribution < 1.29 is 20.1 Å². The molecule has 3 heterocycles. The van der Waals surface area contributed by atoms with Crippen LogP contribution in [-0.2, 0) is 10.5 Å². The molecule has 1 aromatic carbocycles. The normalized spacial score (nSPS) is 23.2. The van der Waals surface area contributed by atoms with Gasteiger partial charge in [0.1, 0.15) is 24.6 Å². The first kappa shape index (κ1) is 22.9. The average molecular weight is 460 g/mol. The zero-order chi connectivity index (χ0) is 22.7. The standard InChI is InChI=1S/C22H29N5O4S/c1-3-4-10-26(2)19-16-20(24-13-23-19)27(21-18(30)17(29)15(11-28)31-21)22(25-16)32-12-14-8-6-5-7-9-14/h5-9,13,15,17-18,21,28-30H,3-4,10-12H2,1-2H3/t15-,17-,18-,21-/m1/s1. The van der Waals surface area contributed by atoms with E-state index in [1.54, 1.807) is 4.57 Å². The third kappa shape index (κ3) is 4.46. The molecule has 1 saturated heterocycles. The zero-order valence-corrected chi connectivity index (χ0v) is 19.0. The van der Waals surface area contributed by atoms with Crippen LogP contribution in [-0.4, -0.2) is 73.3 Å². The highest BCUT2D eigenvalue weighted by Gasteiger charge is 2.45. The molecule has 9 nitrogen and oxygen atoms in total. The van der Waals surface area contributed by atoms with Gasteiger partial charge >= 0.3 is 0 Å². The topological polar surface area (TPSA) is 117 Å². The molecule has 0 bridgehead atoms. The van der Waals surface area contributed by atoms with Gasteiger partial charge in [0.05, 0.1) is 6.61 Å². The van der Waals surface area contributed by atoms with Gasteiger partial charge in [-0.05, 0) is 12.0 Å². The first-order chi connectivity index (χ1) is 15.5. The van der Waals surface area contributed by atoms with Gasteiger partial charge in [0.25, 0.3) is 0 Å². The van der Waals surface area contributed by atoms with Crippen LogP contribution in [0.15, 0.2) is 41.8 Å². The van der Waals surface area contributed by atoms with E-state index >= 15 is 0 Å². The van der Waals surface area contributed by atoms with E-state index in [-0.39, 0.29) is 0 Å². The van der Waals surface area contributed by atoms with Gasteiger partial charge in [0, 0.05) is 19.3 Å². The van der Waals surface area contributed by atoms with E-state index in [0.717, 1.165) is 24.9 Å². The molecule has 0 radical (unpaired) electrons. The zero-order valence-electron chi connectivity index (χ0n) is 18.2. The first-order valence-electron chi connectivity index (χ1n) is 10.8. The highest BCUT2D eigenvalue weighted by molar-refractivity contribution is 7.98. The number of nitrogens with zero attached hydrogens (tertiary/aromatic N) is 5. The summed E-state index contributed by atoms with van der Waals surface area (Å²) >= 11 is 1.49. The number of aromatic nitrogens is 4. The molecule has 4 rings (SSSR count). The largest absolute Gasteiger partial charge is 0.394 e. The molecule has 172 valence electrons. The van der Waals surface area contributed by atoms with Gasteiger partial charge in [0.15, 0.2) is 28.4 Å². The molecule has 0 saturated carbocycles. The van der Waals surface area contributed by atoms with Crippen molar-refractivity contribution >= 4 is 28.7 Å². The van der Waals surface area contributed by atoms with Crippen LogP contribution in [0.25, 0.3) is 11.2 Å². The predicted octanol–water partition coefficient (Wildman–Crippen LogP) is 1.97. The molecule has 0 aliphatic carbocycles. The summed E-state index contributed by atoms with van der Waals surface area (Å²) in [4.78, 5) is 15.8. The van der Waals surface area contributed by atoms with E-state index in [0.29, 0.717) is 27.9 Å². The third-order valence-electron chi connectivity index (χ3n) is 5.62. The maximum Gasteiger partial charge on any atom is 0.172 e. The van der Waals surface area contributed by atoms with E-state index in [2.05, 4.69) is 16.9 Å². The molecule has 0 unspecified atom stereocenters. The number of aliphatic hydroxyl groups excluding tert-OH is 3. The second-order valence-electron chi connectivity index (χ2n) is 7.91. The SMILES string of the molecule is CCCCN(C)c1ncnc2c1nc(SCc1ccccc1)n2[C@@H]1O[C@H](CO)[C@@H](O)[C@H]1O. The van der Waals surface area contributed by atoms with Gasteiger partial charge in [-0.1, -0.05) is 55.4 Å². The minimum atomic E-state index is -1.23. The Hall–Kier alpha value is -2.24. The Labute approximate surface area is 191 Å². The lowest BCUT2D eigenvalue weighted by molar-refractivity contribution is -0.0548. The van der Waals surface area contributed by atoms with Crippen LogP contribution in [0.2, 0.25) is 0 Å². The second kappa shape index (κ2) is 10.1. The van der Waals surface area contributed by atoms with Crippen molar-refractivity contribution in [3.63, 3.8) is 0 Å². The maximum absolute atomic E-state index is 10.7. The lowest BCUT2D eigenvalue weighted by atomic mass is 10.1. The van der Waals surface area contributed by atoms with Gasteiger partial charge in [-0.15, -0.1) is 0 Å². The van der Waals surface area contributed by atoms with Crippen LogP contribution in [0.1, 0.15) is 31.6 Å². The average Bonchev–Trinajstić information content (AvgIpc) is 3.33. The molecule has 0 amide bonds. The number of hydrogen-bond acceptors (Lipinski definition) is 9. The Morgan fingerprint density at radius 2 is 1.94 bits per heavy atom. The molecule has 1 aliphatic rings. The van der Waals surface area contributed by atoms with Gasteiger partial charge in [-0.3, -0.25) is 4.57 Å². The highest BCUT2D eigenvalue weighted by Crippen LogP contribution is 2.37. The minimum absolute atomic E-state index is 0.395. The lowest BCUT2D eigenvalue weighted by Gasteiger charge is -2.20. The summed E-state index contributed by atoms with van der Waals surface area (Å²) in [6.45, 7) is 2.57. The monoisotopic (exact) mass is 459 g/mol. The summed E-state index contributed by atoms with van der Waals surface area (Å²) in [6, 6.07) is 10.0. The molecule has 1 aliphatic heterocycles. The number of unbranched alkanes of at least 4 members (excludes halogenated alkanes) is 1. The number of aliphatic hydroxyl groups is 3. The van der Waals surface area contributed by atoms with E-state index in [9.17, 15) is 15.3 Å². The smallest absolute Gasteiger partial charge is 0.172 e. The van der Waals surface area contributed by atoms with Crippen LogP contribution in [0.5, 0.6) is 0 Å². The molecule has 0 spiro atoms. The van der Waals surface area contributed by atoms with Crippen LogP contribution >= 0.6 is 11.8 Å². The van der Waals surface area contributed by atoms with Crippen molar-refractivity contribution in [2.75, 3.05) is 25.1 Å². The van der Waals surface area contributed by atoms with Crippen LogP contribution in [0.3, 0.4) is 0 Å². The fourth-order valence-electron chi connectivity index (χ4n) is 3.80. The van der Waals surface area contributed by atoms with Crippen molar-refractivity contribution in [2.45, 2.75) is 55.2 Å². The molecule has 1 fully saturated rings. The fraction of sp³-hybridized carbons (Fsp3) is 0.500. The van der Waals surface area contributed by atoms with Crippen LogP contribution < -0.4 is 4.90 Å². The molecule has 3 aromatic rings. The Morgan fingerprint density at radius 3 is 2.62 bits per heavy atom. The summed E-state index contributed by atoms with van der Waals surface area (Å²) in [7, 11) is 1.97. The Morgan fingerprint density at radius 1 is 1.16 bits per heavy atom. The summed E-state index contributed by atoms with van der Waals surface area (Å²) in [5.41, 5.74) is 2.26. The maximum atomic E-state index is 10.7. The second-order valence-corrected chi connectivity index (χ2v) is 8.85. The predicted molar refractivity (Wildman–Crippen MR) is 123 cm³/mol. The van der Waals surface area contributed by atoms with E-state index in [1.165, 1.54) is 18.1 Å². The van der Waals surface area contributed by atoms with E-state index in [1.807, 2.05) is 42.3 Å². The Balaban J connectivity index is 1.76. The summed E-state index contributed by atoms with van der Waals surface area (Å²) in [5.74, 6) is 1.36. The van der Waals surface area contributed by atoms with Gasteiger partial charge in [-0.25, -0.2) is 15.0 Å². The van der Waals surface area contributed by atoms with Crippen molar-refractivity contribution in [3.8, 4) is 0 Å². The van der Waals surface area contributed by atoms with Crippen molar-refractivity contribution in [1.29, 1.82) is 0 Å². The van der Waals surface area contributed by atoms with Gasteiger partial charge < -0.3 is 25.0 Å². The van der Waals surface area contributed by atoms with Crippen molar-refractivity contribution in [2.24, 2.45) is 0 Å². The van der Waals surface area contributed by atoms with Gasteiger partial charge in [-0.2, -0.15) is 0 Å². The highest BCUT2D eigenvalue weighted by atomic mass is 32.2. The fourth-order valence-corrected chi connectivity index (χ4v) is 4.78. The Bertz CT molecular complexity index is 1030. The molecule has 2 aromatic heterocycles. The number of hydrogen-bond donors (Lipinski definition) is 3. The number of imidazole rings is 1. The number of benzene rings is 1. The molecular weight excluding hydrogens is 430 g/mol. The summed E-state index contributed by atoms with van der Waals surface area (Å²) in [5, 5.41) is 31.2. The summed E-state index contributed by atoms with van der Waals surface area (Å²) in [6.07, 6.45) is -0.673.